The monoisotopic (exact) mass is 176 g/mol. The van der Waals surface area contributed by atoms with Gasteiger partial charge in [-0.15, -0.1) is 0 Å². The van der Waals surface area contributed by atoms with Crippen molar-refractivity contribution in [3.8, 4) is 0 Å². The zero-order valence-electron chi connectivity index (χ0n) is 4.58. The molecule has 0 saturated carbocycles. The average molecular weight is 177 g/mol. The van der Waals surface area contributed by atoms with Crippen molar-refractivity contribution in [1.82, 2.24) is 0 Å². The second-order valence-corrected chi connectivity index (χ2v) is 9.66. The van der Waals surface area contributed by atoms with E-state index in [4.69, 9.17) is 0 Å². The fraction of sp³-hybridized carbons (Fsp3) is 0.750. The molecular weight excluding hydrogens is 167 g/mol. The maximum atomic E-state index is 2.42. The molecule has 6 heavy (non-hydrogen) atoms. The molecule has 0 radical (unpaired) electrons. The Morgan fingerprint density at radius 2 is 1.50 bits per heavy atom. The van der Waals surface area contributed by atoms with Crippen molar-refractivity contribution in [2.24, 2.45) is 0 Å². The summed E-state index contributed by atoms with van der Waals surface area (Å²) in [7, 11) is -0.716. The quantitative estimate of drug-likeness (QED) is 0.528. The normalized spacial score (nSPS) is 11.5. The molecule has 0 nitrogen and oxygen atoms in total. The third kappa shape index (κ3) is 4.97. The second-order valence-electron chi connectivity index (χ2n) is 2.51. The van der Waals surface area contributed by atoms with Gasteiger partial charge in [0.25, 0.3) is 0 Å². The number of rotatable bonds is 1. The van der Waals surface area contributed by atoms with Gasteiger partial charge in [0, 0.05) is 0 Å². The summed E-state index contributed by atoms with van der Waals surface area (Å²) in [6.07, 6.45) is 0. The van der Waals surface area contributed by atoms with Crippen LogP contribution in [0.1, 0.15) is 0 Å². The standard InChI is InChI=1S/C4H10Si.Zr/c1-5(2,3)4;/h1H,2-4H3;/q;+2. The molecule has 0 amide bonds. The first-order valence-electron chi connectivity index (χ1n) is 2.08. The Labute approximate surface area is 55.3 Å². The molecule has 0 rings (SSSR count). The molecule has 0 N–H and O–H groups in total. The fourth-order valence-corrected chi connectivity index (χ4v) is 0. The summed E-state index contributed by atoms with van der Waals surface area (Å²) in [4.78, 5) is 0. The van der Waals surface area contributed by atoms with E-state index in [0.717, 1.165) is 0 Å². The molecular formula is C4H10SiZr+2. The molecule has 0 fully saturated rings. The molecule has 0 spiro atoms. The van der Waals surface area contributed by atoms with Gasteiger partial charge in [0.05, 0.1) is 0 Å². The van der Waals surface area contributed by atoms with Gasteiger partial charge in [0.1, 0.15) is 0 Å². The second kappa shape index (κ2) is 2.32. The van der Waals surface area contributed by atoms with E-state index in [1.807, 2.05) is 0 Å². The molecule has 0 aromatic carbocycles. The van der Waals surface area contributed by atoms with E-state index in [9.17, 15) is 0 Å². The Balaban J connectivity index is 3.45. The average Bonchev–Trinajstić information content (AvgIpc) is 1.35. The topological polar surface area (TPSA) is 0 Å². The van der Waals surface area contributed by atoms with E-state index < -0.39 is 8.07 Å². The summed E-state index contributed by atoms with van der Waals surface area (Å²) in [5.41, 5.74) is 0. The van der Waals surface area contributed by atoms with Crippen molar-refractivity contribution in [3.05, 3.63) is 0 Å². The molecule has 0 atom stereocenters. The van der Waals surface area contributed by atoms with Crippen LogP contribution in [-0.4, -0.2) is 11.4 Å². The van der Waals surface area contributed by atoms with Crippen LogP contribution in [0.25, 0.3) is 0 Å². The van der Waals surface area contributed by atoms with Crippen molar-refractivity contribution in [2.45, 2.75) is 19.6 Å². The zero-order valence-corrected chi connectivity index (χ0v) is 8.04. The Bertz CT molecular complexity index is 53.1. The fourth-order valence-electron chi connectivity index (χ4n) is 0. The van der Waals surface area contributed by atoms with Crippen molar-refractivity contribution in [2.75, 3.05) is 0 Å². The van der Waals surface area contributed by atoms with E-state index in [0.29, 0.717) is 0 Å². The van der Waals surface area contributed by atoms with Crippen LogP contribution < -0.4 is 0 Å². The summed E-state index contributed by atoms with van der Waals surface area (Å²) in [6, 6.07) is 0. The summed E-state index contributed by atoms with van der Waals surface area (Å²) in [6.45, 7) is 7.05. The molecule has 0 heterocycles. The van der Waals surface area contributed by atoms with Crippen LogP contribution >= 0.6 is 0 Å². The number of hydrogen-bond donors (Lipinski definition) is 0. The summed E-state index contributed by atoms with van der Waals surface area (Å²) < 4.78 is 2.42. The van der Waals surface area contributed by atoms with E-state index in [2.05, 4.69) is 23.0 Å². The van der Waals surface area contributed by atoms with Crippen LogP contribution in [0.3, 0.4) is 0 Å². The predicted octanol–water partition coefficient (Wildman–Crippen LogP) is 1.21. The van der Waals surface area contributed by atoms with Gasteiger partial charge in [-0.05, 0) is 0 Å². The van der Waals surface area contributed by atoms with Gasteiger partial charge in [0.15, 0.2) is 0 Å². The van der Waals surface area contributed by atoms with Crippen LogP contribution in [0.4, 0.5) is 0 Å². The van der Waals surface area contributed by atoms with Crippen molar-refractivity contribution >= 4 is 11.4 Å². The van der Waals surface area contributed by atoms with Crippen molar-refractivity contribution in [1.29, 1.82) is 0 Å². The summed E-state index contributed by atoms with van der Waals surface area (Å²) in [5, 5.41) is 0. The van der Waals surface area contributed by atoms with Gasteiger partial charge in [-0.2, -0.15) is 0 Å². The van der Waals surface area contributed by atoms with Gasteiger partial charge >= 0.3 is 55.3 Å². The van der Waals surface area contributed by atoms with Crippen LogP contribution in [-0.2, 0) is 24.2 Å². The molecule has 0 bridgehead atoms. The van der Waals surface area contributed by atoms with Crippen LogP contribution in [0, 0.1) is 0 Å². The van der Waals surface area contributed by atoms with Gasteiger partial charge in [-0.25, -0.2) is 0 Å². The van der Waals surface area contributed by atoms with Crippen molar-refractivity contribution in [3.63, 3.8) is 0 Å². The molecule has 0 aromatic heterocycles. The minimum absolute atomic E-state index is 0.716. The minimum atomic E-state index is -0.716. The summed E-state index contributed by atoms with van der Waals surface area (Å²) >= 11 is 1.59. The van der Waals surface area contributed by atoms with Gasteiger partial charge in [0.2, 0.25) is 0 Å². The van der Waals surface area contributed by atoms with Gasteiger partial charge in [-0.3, -0.25) is 0 Å². The Morgan fingerprint density at radius 1 is 1.33 bits per heavy atom. The van der Waals surface area contributed by atoms with Crippen molar-refractivity contribution < 1.29 is 24.2 Å². The third-order valence-corrected chi connectivity index (χ3v) is 7.69. The van der Waals surface area contributed by atoms with Gasteiger partial charge < -0.3 is 0 Å². The Hall–Kier alpha value is 0.970. The molecule has 2 heteroatoms. The molecule has 32 valence electrons. The summed E-state index contributed by atoms with van der Waals surface area (Å²) in [5.74, 6) is 0. The van der Waals surface area contributed by atoms with Crippen LogP contribution in [0.2, 0.25) is 19.6 Å². The molecule has 0 aromatic rings. The first-order chi connectivity index (χ1) is 2.56. The molecule has 0 unspecified atom stereocenters. The first-order valence-corrected chi connectivity index (χ1v) is 7.07. The molecule has 0 aliphatic heterocycles. The molecule has 0 saturated heterocycles. The van der Waals surface area contributed by atoms with E-state index in [1.54, 1.807) is 24.2 Å². The first kappa shape index (κ1) is 6.97. The van der Waals surface area contributed by atoms with E-state index in [1.165, 1.54) is 0 Å². The number of hydrogen-bond acceptors (Lipinski definition) is 0. The predicted molar refractivity (Wildman–Crippen MR) is 29.4 cm³/mol. The Morgan fingerprint density at radius 3 is 1.50 bits per heavy atom. The van der Waals surface area contributed by atoms with Crippen LogP contribution in [0.5, 0.6) is 0 Å². The molecule has 0 aliphatic carbocycles. The third-order valence-electron chi connectivity index (χ3n) is 0.433. The molecule has 0 aliphatic rings. The van der Waals surface area contributed by atoms with Crippen LogP contribution in [0.15, 0.2) is 0 Å². The van der Waals surface area contributed by atoms with E-state index in [-0.39, 0.29) is 0 Å². The van der Waals surface area contributed by atoms with Gasteiger partial charge in [-0.1, -0.05) is 0 Å². The maximum absolute atomic E-state index is 2.42. The SMILES string of the molecule is C[Si](C)(C)[CH]=[Zr+2]. The Kier molecular flexibility index (Phi) is 2.70. The van der Waals surface area contributed by atoms with E-state index >= 15 is 0 Å². The zero-order chi connectivity index (χ0) is 5.21.